The first-order valence-electron chi connectivity index (χ1n) is 39.2. The van der Waals surface area contributed by atoms with E-state index in [0.717, 1.165) is 147 Å². The molecule has 0 saturated carbocycles. The molecule has 2 aromatic heterocycles. The molecule has 2 aliphatic carbocycles. The Hall–Kier alpha value is -2.27. The van der Waals surface area contributed by atoms with Gasteiger partial charge in [-0.2, -0.15) is 0 Å². The first-order chi connectivity index (χ1) is 45.4. The summed E-state index contributed by atoms with van der Waals surface area (Å²) in [6, 6.07) is 4.57. The second-order valence-corrected chi connectivity index (χ2v) is 34.1. The van der Waals surface area contributed by atoms with Gasteiger partial charge in [-0.05, 0) is 0 Å². The first kappa shape index (κ1) is 75.9. The van der Waals surface area contributed by atoms with Gasteiger partial charge in [-0.15, -0.1) is 0 Å². The Morgan fingerprint density at radius 1 is 0.309 bits per heavy atom. The molecule has 4 heterocycles. The van der Waals surface area contributed by atoms with Gasteiger partial charge in [-0.25, -0.2) is 0 Å². The van der Waals surface area contributed by atoms with Crippen molar-refractivity contribution in [3.8, 4) is 22.3 Å². The Kier molecular flexibility index (Phi) is 28.6. The molecule has 0 radical (unpaired) electrons. The van der Waals surface area contributed by atoms with Crippen LogP contribution in [0.15, 0.2) is 12.1 Å². The maximum atomic E-state index is 20.7. The summed E-state index contributed by atoms with van der Waals surface area (Å²) < 4.78 is 90.5. The monoisotopic (exact) mass is 1430 g/mol. The van der Waals surface area contributed by atoms with E-state index >= 15 is 8.78 Å². The minimum atomic E-state index is -0.848. The van der Waals surface area contributed by atoms with E-state index in [1.807, 2.05) is 0 Å². The van der Waals surface area contributed by atoms with Gasteiger partial charge in [-0.1, -0.05) is 130 Å². The van der Waals surface area contributed by atoms with Gasteiger partial charge in [0.05, 0.1) is 0 Å². The van der Waals surface area contributed by atoms with Crippen molar-refractivity contribution in [2.75, 3.05) is 0 Å². The van der Waals surface area contributed by atoms with Crippen LogP contribution in [-0.2, 0) is 29.4 Å². The van der Waals surface area contributed by atoms with Crippen LogP contribution >= 0.6 is 0 Å². The molecule has 2 fully saturated rings. The van der Waals surface area contributed by atoms with Gasteiger partial charge in [-0.3, -0.25) is 0 Å². The number of fused-ring (bicyclic) bond motifs is 10. The number of benzene rings is 3. The van der Waals surface area contributed by atoms with Gasteiger partial charge in [0.15, 0.2) is 0 Å². The Bertz CT molecular complexity index is 2890. The van der Waals surface area contributed by atoms with E-state index < -0.39 is 77.4 Å². The van der Waals surface area contributed by atoms with Crippen LogP contribution in [0, 0.1) is 11.6 Å². The normalized spacial score (nSPS) is 17.7. The Morgan fingerprint density at radius 3 is 0.755 bits per heavy atom. The molecule has 0 unspecified atom stereocenters. The van der Waals surface area contributed by atoms with E-state index in [0.29, 0.717) is 33.3 Å². The molecule has 0 amide bonds. The van der Waals surface area contributed by atoms with Gasteiger partial charge in [0, 0.05) is 0 Å². The zero-order valence-electron chi connectivity index (χ0n) is 61.4. The van der Waals surface area contributed by atoms with Gasteiger partial charge < -0.3 is 0 Å². The molecule has 4 aliphatic rings. The number of halogens is 2. The number of rotatable bonds is 46. The average Bonchev–Trinajstić information content (AvgIpc) is 1.50. The molecule has 0 spiro atoms. The predicted molar refractivity (Wildman–Crippen MR) is 396 cm³/mol. The van der Waals surface area contributed by atoms with Gasteiger partial charge >= 0.3 is 457 Å². The molecule has 8 nitrogen and oxygen atoms in total. The molecule has 0 N–H and O–H groups in total. The van der Waals surface area contributed by atoms with Crippen molar-refractivity contribution in [1.82, 2.24) is 15.9 Å². The van der Waals surface area contributed by atoms with Crippen molar-refractivity contribution in [3.63, 3.8) is 0 Å². The fourth-order valence-corrected chi connectivity index (χ4v) is 19.2. The van der Waals surface area contributed by atoms with Crippen LogP contribution in [0.25, 0.3) is 44.3 Å². The second-order valence-electron chi connectivity index (χ2n) is 31.9. The van der Waals surface area contributed by atoms with E-state index in [2.05, 4.69) is 95.2 Å². The van der Waals surface area contributed by atoms with Gasteiger partial charge in [0.25, 0.3) is 0 Å². The van der Waals surface area contributed by atoms with Crippen molar-refractivity contribution in [2.24, 2.45) is 0 Å². The average molecular weight is 1430 g/mol. The molecule has 522 valence electrons. The number of nitrogens with zero attached hydrogens (tertiary/aromatic N) is 4. The molecule has 2 aliphatic heterocycles. The zero-order valence-corrected chi connectivity index (χ0v) is 64.8. The zero-order chi connectivity index (χ0) is 67.0. The minimum absolute atomic E-state index is 0.248. The van der Waals surface area contributed by atoms with Crippen molar-refractivity contribution in [2.45, 2.75) is 399 Å². The predicted octanol–water partition coefficient (Wildman–Crippen LogP) is 22.3. The molecular weight excluding hydrogens is 1300 g/mol. The van der Waals surface area contributed by atoms with Crippen molar-refractivity contribution in [3.05, 3.63) is 46.0 Å². The van der Waals surface area contributed by atoms with Gasteiger partial charge in [0.1, 0.15) is 0 Å². The summed E-state index contributed by atoms with van der Waals surface area (Å²) in [5.41, 5.74) is 6.07. The van der Waals surface area contributed by atoms with E-state index in [4.69, 9.17) is 34.5 Å². The van der Waals surface area contributed by atoms with Crippen LogP contribution in [0.1, 0.15) is 388 Å². The molecular formula is C80H126B2F2N4O4Se2. The summed E-state index contributed by atoms with van der Waals surface area (Å²) in [6.07, 6.45) is 51.0. The topological polar surface area (TPSA) is 88.5 Å². The molecule has 9 rings (SSSR count). The van der Waals surface area contributed by atoms with Crippen LogP contribution in [0.3, 0.4) is 0 Å². The van der Waals surface area contributed by atoms with E-state index in [-0.39, 0.29) is 11.6 Å². The number of unbranched alkanes of at least 4 members (excludes halogenated alkanes) is 36. The molecule has 5 aromatic rings. The second kappa shape index (κ2) is 35.4. The summed E-state index contributed by atoms with van der Waals surface area (Å²) in [7, 11) is -1.41. The summed E-state index contributed by atoms with van der Waals surface area (Å²) in [6.45, 7) is 26.0. The molecule has 2 saturated heterocycles. The Morgan fingerprint density at radius 2 is 0.521 bits per heavy atom. The Balaban J connectivity index is 1.23. The first-order valence-corrected chi connectivity index (χ1v) is 42.3. The van der Waals surface area contributed by atoms with Crippen LogP contribution in [0.2, 0.25) is 0 Å². The van der Waals surface area contributed by atoms with E-state index in [1.54, 1.807) is 0 Å². The molecule has 14 heteroatoms. The number of hydrogen-bond acceptors (Lipinski definition) is 8. The standard InChI is InChI=1S/C80H126B2F2N4O4Se2/c1-13-17-21-25-29-33-37-41-45-49-53-79(54-50-46-42-38-34-30-26-22-18-14-2)59-57-61(81-89-75(5,6)76(7,8)90-81)71-73(87-93-85-71)63(59)65-67(79)69(83)66-64-60(58-62(72-74(64)88-94-86-72)82-91-77(9,10)78(11,12)92-82)80(68(66)70(65)84,55-51-47-43-39-35-31-27-23-19-15-3)56-52-48-44-40-36-32-28-24-20-16-4/h57-58H,13-56H2,1-12H3. The Labute approximate surface area is 583 Å². The number of aromatic nitrogens is 4. The van der Waals surface area contributed by atoms with Crippen LogP contribution < -0.4 is 10.9 Å². The summed E-state index contributed by atoms with van der Waals surface area (Å²) >= 11 is -0.968. The third-order valence-corrected chi connectivity index (χ3v) is 26.1. The SMILES string of the molecule is CCCCCCCCCCCCC1(CCCCCCCCCCCC)c2cc(B3OC(C)(C)C(C)(C)O3)c3n[se]nc3c2-c2c(F)c3c(c(F)c21)-c1c(cc(B2OC(C)(C)C(C)(C)O2)c2n[se]nc12)C3(CCCCCCCCCCCC)CCCCCCCCCCCC. The summed E-state index contributed by atoms with van der Waals surface area (Å²) in [4.78, 5) is 0. The van der Waals surface area contributed by atoms with Crippen LogP contribution in [0.5, 0.6) is 0 Å². The quantitative estimate of drug-likeness (QED) is 0.0281. The summed E-state index contributed by atoms with van der Waals surface area (Å²) in [5, 5.41) is 0. The van der Waals surface area contributed by atoms with Crippen molar-refractivity contribution >= 4 is 77.2 Å². The van der Waals surface area contributed by atoms with Crippen molar-refractivity contribution in [1.29, 1.82) is 0 Å². The van der Waals surface area contributed by atoms with Gasteiger partial charge in [0.2, 0.25) is 0 Å². The molecule has 0 atom stereocenters. The third kappa shape index (κ3) is 17.0. The molecule has 0 bridgehead atoms. The minimum Gasteiger partial charge on any atom is -0.0654 e. The number of hydrogen-bond donors (Lipinski definition) is 0. The summed E-state index contributed by atoms with van der Waals surface area (Å²) in [5.74, 6) is -0.495. The van der Waals surface area contributed by atoms with E-state index in [9.17, 15) is 0 Å². The van der Waals surface area contributed by atoms with Crippen molar-refractivity contribution < 1.29 is 27.4 Å². The molecule has 94 heavy (non-hydrogen) atoms. The van der Waals surface area contributed by atoms with Crippen LogP contribution in [-0.4, -0.2) is 82.5 Å². The maximum absolute atomic E-state index is 20.7. The molecule has 3 aromatic carbocycles. The van der Waals surface area contributed by atoms with Crippen LogP contribution in [0.4, 0.5) is 8.78 Å². The van der Waals surface area contributed by atoms with E-state index in [1.165, 1.54) is 180 Å². The fraction of sp³-hybridized carbons (Fsp3) is 0.775. The smallest absolute Gasteiger partial charge is 0.0654 e. The third-order valence-electron chi connectivity index (χ3n) is 23.8. The fourth-order valence-electron chi connectivity index (χ4n) is 16.8.